The quantitative estimate of drug-likeness (QED) is 0.766. The lowest BCUT2D eigenvalue weighted by Gasteiger charge is -2.16. The molecule has 0 radical (unpaired) electrons. The van der Waals surface area contributed by atoms with Crippen LogP contribution in [0, 0.1) is 6.92 Å². The van der Waals surface area contributed by atoms with E-state index in [2.05, 4.69) is 14.9 Å². The lowest BCUT2D eigenvalue weighted by molar-refractivity contribution is -0.0498. The molecule has 0 aliphatic carbocycles. The summed E-state index contributed by atoms with van der Waals surface area (Å²) < 4.78 is 28.6. The van der Waals surface area contributed by atoms with Crippen molar-refractivity contribution in [3.05, 3.63) is 59.3 Å². The van der Waals surface area contributed by atoms with Crippen LogP contribution in [0.2, 0.25) is 0 Å². The van der Waals surface area contributed by atoms with Crippen molar-refractivity contribution in [1.29, 1.82) is 0 Å². The van der Waals surface area contributed by atoms with Crippen LogP contribution in [0.15, 0.2) is 42.5 Å². The molecule has 1 amide bonds. The molecule has 5 nitrogen and oxygen atoms in total. The number of aromatic nitrogens is 2. The highest BCUT2D eigenvalue weighted by Gasteiger charge is 2.18. The van der Waals surface area contributed by atoms with Crippen LogP contribution in [0.3, 0.4) is 0 Å². The second-order valence-corrected chi connectivity index (χ2v) is 5.80. The number of rotatable bonds is 5. The number of ether oxygens (including phenoxy) is 1. The van der Waals surface area contributed by atoms with Gasteiger partial charge in [-0.25, -0.2) is 0 Å². The van der Waals surface area contributed by atoms with Gasteiger partial charge in [0, 0.05) is 19.0 Å². The van der Waals surface area contributed by atoms with E-state index in [1.807, 2.05) is 25.1 Å². The zero-order valence-electron chi connectivity index (χ0n) is 13.8. The van der Waals surface area contributed by atoms with Gasteiger partial charge in [0.15, 0.2) is 5.69 Å². The minimum atomic E-state index is -2.86. The third kappa shape index (κ3) is 3.76. The second-order valence-electron chi connectivity index (χ2n) is 5.80. The number of amides is 1. The zero-order chi connectivity index (χ0) is 18.0. The van der Waals surface area contributed by atoms with Gasteiger partial charge in [0.1, 0.15) is 5.75 Å². The topological polar surface area (TPSA) is 58.2 Å². The zero-order valence-corrected chi connectivity index (χ0v) is 13.8. The third-order valence-corrected chi connectivity index (χ3v) is 3.84. The molecule has 0 saturated carbocycles. The fourth-order valence-corrected chi connectivity index (χ4v) is 2.59. The van der Waals surface area contributed by atoms with Crippen LogP contribution in [-0.4, -0.2) is 34.7 Å². The Morgan fingerprint density at radius 3 is 2.64 bits per heavy atom. The van der Waals surface area contributed by atoms with Crippen LogP contribution in [0.5, 0.6) is 5.75 Å². The maximum atomic E-state index is 12.7. The van der Waals surface area contributed by atoms with Gasteiger partial charge in [-0.3, -0.25) is 9.89 Å². The number of carbonyl (C=O) groups excluding carboxylic acids is 1. The van der Waals surface area contributed by atoms with Gasteiger partial charge < -0.3 is 9.64 Å². The van der Waals surface area contributed by atoms with E-state index >= 15 is 0 Å². The number of nitrogens with one attached hydrogen (secondary N) is 1. The number of alkyl halides is 2. The summed E-state index contributed by atoms with van der Waals surface area (Å²) in [6.45, 7) is -0.576. The van der Waals surface area contributed by atoms with E-state index in [1.165, 1.54) is 17.0 Å². The standard InChI is InChI=1S/C18H17F2N3O2/c1-11-3-8-15-14(9-11)16(22-21-15)17(24)23(2)10-12-4-6-13(7-5-12)25-18(19)20/h3-9,18H,10H2,1-2H3,(H,21,22). The molecule has 0 unspecified atom stereocenters. The fraction of sp³-hybridized carbons (Fsp3) is 0.222. The van der Waals surface area contributed by atoms with Gasteiger partial charge in [0.25, 0.3) is 5.91 Å². The largest absolute Gasteiger partial charge is 0.435 e. The number of fused-ring (bicyclic) bond motifs is 1. The molecule has 2 aromatic carbocycles. The molecule has 0 atom stereocenters. The number of hydrogen-bond donors (Lipinski definition) is 1. The molecule has 3 aromatic rings. The Kier molecular flexibility index (Phi) is 4.65. The molecule has 130 valence electrons. The molecule has 0 fully saturated rings. The van der Waals surface area contributed by atoms with Crippen LogP contribution in [-0.2, 0) is 6.54 Å². The van der Waals surface area contributed by atoms with Crippen LogP contribution in [0.1, 0.15) is 21.6 Å². The first-order valence-electron chi connectivity index (χ1n) is 7.68. The summed E-state index contributed by atoms with van der Waals surface area (Å²) in [6, 6.07) is 11.9. The number of aryl methyl sites for hydroxylation is 1. The molecule has 1 aromatic heterocycles. The molecule has 3 rings (SSSR count). The Balaban J connectivity index is 1.74. The summed E-state index contributed by atoms with van der Waals surface area (Å²) >= 11 is 0. The Labute approximate surface area is 143 Å². The van der Waals surface area contributed by atoms with Crippen molar-refractivity contribution in [3.8, 4) is 5.75 Å². The second kappa shape index (κ2) is 6.88. The normalized spacial score (nSPS) is 11.1. The predicted octanol–water partition coefficient (Wildman–Crippen LogP) is 3.74. The summed E-state index contributed by atoms with van der Waals surface area (Å²) in [7, 11) is 1.67. The van der Waals surface area contributed by atoms with E-state index in [9.17, 15) is 13.6 Å². The Bertz CT molecular complexity index is 891. The van der Waals surface area contributed by atoms with Gasteiger partial charge in [-0.2, -0.15) is 13.9 Å². The Hall–Kier alpha value is -2.96. The van der Waals surface area contributed by atoms with Gasteiger partial charge in [-0.1, -0.05) is 23.8 Å². The molecule has 0 aliphatic rings. The molecule has 0 aliphatic heterocycles. The molecular weight excluding hydrogens is 328 g/mol. The Morgan fingerprint density at radius 2 is 1.96 bits per heavy atom. The number of carbonyl (C=O) groups is 1. The number of H-pyrrole nitrogens is 1. The molecular formula is C18H17F2N3O2. The number of aromatic amines is 1. The highest BCUT2D eigenvalue weighted by atomic mass is 19.3. The summed E-state index contributed by atoms with van der Waals surface area (Å²) in [4.78, 5) is 14.2. The van der Waals surface area contributed by atoms with Crippen molar-refractivity contribution in [1.82, 2.24) is 15.1 Å². The van der Waals surface area contributed by atoms with E-state index in [-0.39, 0.29) is 11.7 Å². The van der Waals surface area contributed by atoms with Crippen LogP contribution in [0.4, 0.5) is 8.78 Å². The Morgan fingerprint density at radius 1 is 1.24 bits per heavy atom. The average molecular weight is 345 g/mol. The van der Waals surface area contributed by atoms with Crippen molar-refractivity contribution in [2.24, 2.45) is 0 Å². The van der Waals surface area contributed by atoms with Gasteiger partial charge in [-0.05, 0) is 36.8 Å². The lowest BCUT2D eigenvalue weighted by atomic mass is 10.1. The third-order valence-electron chi connectivity index (χ3n) is 3.84. The molecule has 0 spiro atoms. The van der Waals surface area contributed by atoms with Crippen molar-refractivity contribution in [2.75, 3.05) is 7.05 Å². The van der Waals surface area contributed by atoms with Crippen molar-refractivity contribution in [3.63, 3.8) is 0 Å². The fourth-order valence-electron chi connectivity index (χ4n) is 2.59. The van der Waals surface area contributed by atoms with Gasteiger partial charge >= 0.3 is 6.61 Å². The molecule has 1 N–H and O–H groups in total. The van der Waals surface area contributed by atoms with Gasteiger partial charge in [0.2, 0.25) is 0 Å². The van der Waals surface area contributed by atoms with E-state index in [4.69, 9.17) is 0 Å². The summed E-state index contributed by atoms with van der Waals surface area (Å²) in [5, 5.41) is 7.76. The van der Waals surface area contributed by atoms with E-state index in [1.54, 1.807) is 19.2 Å². The number of halogens is 2. The molecule has 0 saturated heterocycles. The van der Waals surface area contributed by atoms with Crippen molar-refractivity contribution >= 4 is 16.8 Å². The summed E-state index contributed by atoms with van der Waals surface area (Å²) in [5.41, 5.74) is 3.00. The van der Waals surface area contributed by atoms with E-state index in [0.717, 1.165) is 22.0 Å². The molecule has 1 heterocycles. The first-order chi connectivity index (χ1) is 11.9. The smallest absolute Gasteiger partial charge is 0.387 e. The maximum Gasteiger partial charge on any atom is 0.387 e. The number of nitrogens with zero attached hydrogens (tertiary/aromatic N) is 2. The van der Waals surface area contributed by atoms with Crippen molar-refractivity contribution in [2.45, 2.75) is 20.1 Å². The summed E-state index contributed by atoms with van der Waals surface area (Å²) in [5.74, 6) is -0.133. The highest BCUT2D eigenvalue weighted by Crippen LogP contribution is 2.20. The monoisotopic (exact) mass is 345 g/mol. The molecule has 0 bridgehead atoms. The van der Waals surface area contributed by atoms with Gasteiger partial charge in [-0.15, -0.1) is 0 Å². The number of hydrogen-bond acceptors (Lipinski definition) is 3. The van der Waals surface area contributed by atoms with Crippen LogP contribution in [0.25, 0.3) is 10.9 Å². The minimum Gasteiger partial charge on any atom is -0.435 e. The predicted molar refractivity (Wildman–Crippen MR) is 89.7 cm³/mol. The first kappa shape index (κ1) is 16.9. The molecule has 25 heavy (non-hydrogen) atoms. The van der Waals surface area contributed by atoms with Crippen LogP contribution < -0.4 is 4.74 Å². The number of benzene rings is 2. The lowest BCUT2D eigenvalue weighted by Crippen LogP contribution is -2.26. The van der Waals surface area contributed by atoms with Crippen molar-refractivity contribution < 1.29 is 18.3 Å². The maximum absolute atomic E-state index is 12.7. The summed E-state index contributed by atoms with van der Waals surface area (Å²) in [6.07, 6.45) is 0. The average Bonchev–Trinajstić information content (AvgIpc) is 2.98. The van der Waals surface area contributed by atoms with Crippen LogP contribution >= 0.6 is 0 Å². The highest BCUT2D eigenvalue weighted by molar-refractivity contribution is 6.04. The van der Waals surface area contributed by atoms with E-state index < -0.39 is 6.61 Å². The van der Waals surface area contributed by atoms with E-state index in [0.29, 0.717) is 12.2 Å². The first-order valence-corrected chi connectivity index (χ1v) is 7.68. The van der Waals surface area contributed by atoms with Gasteiger partial charge in [0.05, 0.1) is 5.52 Å². The SMILES string of the molecule is Cc1ccc2[nH]nc(C(=O)N(C)Cc3ccc(OC(F)F)cc3)c2c1. The molecule has 7 heteroatoms. The minimum absolute atomic E-state index is 0.0847.